The van der Waals surface area contributed by atoms with Gasteiger partial charge in [-0.25, -0.2) is 4.79 Å². The van der Waals surface area contributed by atoms with Crippen molar-refractivity contribution in [3.8, 4) is 0 Å². The van der Waals surface area contributed by atoms with E-state index in [1.807, 2.05) is 13.8 Å². The number of nitrogens with one attached hydrogen (secondary N) is 2. The summed E-state index contributed by atoms with van der Waals surface area (Å²) < 4.78 is 5.02. The summed E-state index contributed by atoms with van der Waals surface area (Å²) in [5, 5.41) is 14.5. The molecule has 6 nitrogen and oxygen atoms in total. The maximum atomic E-state index is 11.7. The van der Waals surface area contributed by atoms with Gasteiger partial charge in [0.05, 0.1) is 5.41 Å². The molecule has 0 aliphatic rings. The molecule has 118 valence electrons. The number of urea groups is 1. The quantitative estimate of drug-likeness (QED) is 0.604. The molecule has 2 amide bonds. The van der Waals surface area contributed by atoms with Gasteiger partial charge in [0.15, 0.2) is 0 Å². The normalized spacial score (nSPS) is 14.4. The summed E-state index contributed by atoms with van der Waals surface area (Å²) in [5.41, 5.74) is -0.989. The largest absolute Gasteiger partial charge is 0.481 e. The highest BCUT2D eigenvalue weighted by Crippen LogP contribution is 2.20. The number of carboxylic acid groups (broad SMARTS) is 1. The van der Waals surface area contributed by atoms with Crippen molar-refractivity contribution in [2.45, 2.75) is 40.5 Å². The van der Waals surface area contributed by atoms with Gasteiger partial charge in [0.2, 0.25) is 0 Å². The number of carbonyl (C=O) groups excluding carboxylic acids is 1. The lowest BCUT2D eigenvalue weighted by Crippen LogP contribution is -2.46. The third kappa shape index (κ3) is 6.75. The summed E-state index contributed by atoms with van der Waals surface area (Å²) >= 11 is 0. The minimum Gasteiger partial charge on any atom is -0.481 e. The van der Waals surface area contributed by atoms with Crippen LogP contribution in [0.15, 0.2) is 0 Å². The average molecular weight is 288 g/mol. The van der Waals surface area contributed by atoms with E-state index in [4.69, 9.17) is 9.84 Å². The first-order valence-electron chi connectivity index (χ1n) is 6.91. The maximum Gasteiger partial charge on any atom is 0.314 e. The number of amides is 2. The minimum atomic E-state index is -0.928. The molecule has 0 saturated carbocycles. The molecule has 0 saturated heterocycles. The molecule has 0 fully saturated rings. The zero-order valence-electron chi connectivity index (χ0n) is 13.2. The van der Waals surface area contributed by atoms with E-state index in [0.717, 1.165) is 6.42 Å². The van der Waals surface area contributed by atoms with Crippen molar-refractivity contribution < 1.29 is 19.4 Å². The Kier molecular flexibility index (Phi) is 7.57. The second-order valence-corrected chi connectivity index (χ2v) is 6.16. The topological polar surface area (TPSA) is 87.7 Å². The lowest BCUT2D eigenvalue weighted by molar-refractivity contribution is -0.147. The van der Waals surface area contributed by atoms with Crippen LogP contribution in [0, 0.1) is 10.8 Å². The van der Waals surface area contributed by atoms with Crippen LogP contribution in [0.5, 0.6) is 0 Å². The van der Waals surface area contributed by atoms with Crippen LogP contribution in [-0.2, 0) is 9.53 Å². The van der Waals surface area contributed by atoms with Crippen LogP contribution < -0.4 is 10.6 Å². The monoisotopic (exact) mass is 288 g/mol. The predicted molar refractivity (Wildman–Crippen MR) is 77.7 cm³/mol. The summed E-state index contributed by atoms with van der Waals surface area (Å²) in [4.78, 5) is 22.8. The molecule has 0 heterocycles. The van der Waals surface area contributed by atoms with Crippen molar-refractivity contribution in [1.29, 1.82) is 0 Å². The van der Waals surface area contributed by atoms with Crippen LogP contribution >= 0.6 is 0 Å². The molecule has 0 aliphatic heterocycles. The summed E-state index contributed by atoms with van der Waals surface area (Å²) in [5.74, 6) is -0.902. The molecule has 3 N–H and O–H groups in total. The molecule has 0 radical (unpaired) electrons. The zero-order chi connectivity index (χ0) is 15.8. The van der Waals surface area contributed by atoms with Gasteiger partial charge in [0, 0.05) is 26.8 Å². The molecular weight excluding hydrogens is 260 g/mol. The van der Waals surface area contributed by atoms with Crippen molar-refractivity contribution >= 4 is 12.0 Å². The number of methoxy groups -OCH3 is 1. The number of carboxylic acids is 1. The Morgan fingerprint density at radius 1 is 1.15 bits per heavy atom. The van der Waals surface area contributed by atoms with Gasteiger partial charge < -0.3 is 20.5 Å². The summed E-state index contributed by atoms with van der Waals surface area (Å²) in [6.07, 6.45) is 1.30. The number of aliphatic carboxylic acids is 1. The molecule has 1 atom stereocenters. The van der Waals surface area contributed by atoms with E-state index in [2.05, 4.69) is 10.6 Å². The zero-order valence-corrected chi connectivity index (χ0v) is 13.2. The summed E-state index contributed by atoms with van der Waals surface area (Å²) in [6, 6.07) is -0.337. The number of hydrogen-bond donors (Lipinski definition) is 3. The second-order valence-electron chi connectivity index (χ2n) is 6.16. The van der Waals surface area contributed by atoms with Gasteiger partial charge in [-0.3, -0.25) is 4.79 Å². The average Bonchev–Trinajstić information content (AvgIpc) is 2.40. The SMILES string of the molecule is CCC(C)(CNC(=O)NCC(C)(C)CCOC)C(=O)O. The first kappa shape index (κ1) is 18.7. The van der Waals surface area contributed by atoms with Crippen molar-refractivity contribution in [3.05, 3.63) is 0 Å². The molecule has 0 aromatic heterocycles. The van der Waals surface area contributed by atoms with E-state index in [-0.39, 0.29) is 18.0 Å². The van der Waals surface area contributed by atoms with Crippen LogP contribution in [0.4, 0.5) is 4.79 Å². The van der Waals surface area contributed by atoms with Crippen LogP contribution in [0.3, 0.4) is 0 Å². The fourth-order valence-corrected chi connectivity index (χ4v) is 1.48. The Hall–Kier alpha value is -1.30. The molecular formula is C14H28N2O4. The fourth-order valence-electron chi connectivity index (χ4n) is 1.48. The second kappa shape index (κ2) is 8.09. The van der Waals surface area contributed by atoms with Crippen molar-refractivity contribution in [2.24, 2.45) is 10.8 Å². The van der Waals surface area contributed by atoms with Crippen LogP contribution in [-0.4, -0.2) is 43.9 Å². The van der Waals surface area contributed by atoms with E-state index in [0.29, 0.717) is 19.6 Å². The molecule has 0 bridgehead atoms. The van der Waals surface area contributed by atoms with E-state index >= 15 is 0 Å². The van der Waals surface area contributed by atoms with Crippen molar-refractivity contribution in [2.75, 3.05) is 26.8 Å². The predicted octanol–water partition coefficient (Wildman–Crippen LogP) is 1.85. The smallest absolute Gasteiger partial charge is 0.314 e. The molecule has 0 spiro atoms. The highest BCUT2D eigenvalue weighted by molar-refractivity contribution is 5.77. The molecule has 0 rings (SSSR count). The molecule has 0 aromatic rings. The number of hydrogen-bond acceptors (Lipinski definition) is 3. The standard InChI is InChI=1S/C14H28N2O4/c1-6-14(4,11(17)18)10-16-12(19)15-9-13(2,3)7-8-20-5/h6-10H2,1-5H3,(H,17,18)(H2,15,16,19). The maximum absolute atomic E-state index is 11.7. The third-order valence-electron chi connectivity index (χ3n) is 3.65. The lowest BCUT2D eigenvalue weighted by Gasteiger charge is -2.26. The van der Waals surface area contributed by atoms with Gasteiger partial charge in [-0.2, -0.15) is 0 Å². The Balaban J connectivity index is 4.15. The van der Waals surface area contributed by atoms with E-state index in [1.54, 1.807) is 21.0 Å². The van der Waals surface area contributed by atoms with Crippen molar-refractivity contribution in [3.63, 3.8) is 0 Å². The van der Waals surface area contributed by atoms with Gasteiger partial charge in [-0.15, -0.1) is 0 Å². The number of ether oxygens (including phenoxy) is 1. The summed E-state index contributed by atoms with van der Waals surface area (Å²) in [7, 11) is 1.65. The molecule has 1 unspecified atom stereocenters. The molecule has 0 aromatic carbocycles. The van der Waals surface area contributed by atoms with Gasteiger partial charge in [-0.1, -0.05) is 20.8 Å². The Bertz CT molecular complexity index is 331. The van der Waals surface area contributed by atoms with Crippen LogP contribution in [0.25, 0.3) is 0 Å². The fraction of sp³-hybridized carbons (Fsp3) is 0.857. The van der Waals surface area contributed by atoms with Crippen LogP contribution in [0.2, 0.25) is 0 Å². The summed E-state index contributed by atoms with van der Waals surface area (Å²) in [6.45, 7) is 8.77. The molecule has 6 heteroatoms. The molecule has 0 aliphatic carbocycles. The van der Waals surface area contributed by atoms with Gasteiger partial charge in [0.1, 0.15) is 0 Å². The van der Waals surface area contributed by atoms with Crippen LogP contribution in [0.1, 0.15) is 40.5 Å². The lowest BCUT2D eigenvalue weighted by atomic mass is 9.88. The first-order valence-corrected chi connectivity index (χ1v) is 6.91. The Morgan fingerprint density at radius 3 is 2.15 bits per heavy atom. The Morgan fingerprint density at radius 2 is 1.70 bits per heavy atom. The van der Waals surface area contributed by atoms with E-state index in [1.165, 1.54) is 0 Å². The Labute approximate surface area is 121 Å². The minimum absolute atomic E-state index is 0.0613. The highest BCUT2D eigenvalue weighted by Gasteiger charge is 2.31. The molecule has 20 heavy (non-hydrogen) atoms. The highest BCUT2D eigenvalue weighted by atomic mass is 16.5. The van der Waals surface area contributed by atoms with E-state index in [9.17, 15) is 9.59 Å². The van der Waals surface area contributed by atoms with Gasteiger partial charge in [0.25, 0.3) is 0 Å². The van der Waals surface area contributed by atoms with Gasteiger partial charge in [-0.05, 0) is 25.2 Å². The number of carbonyl (C=O) groups is 2. The van der Waals surface area contributed by atoms with Crippen molar-refractivity contribution in [1.82, 2.24) is 10.6 Å². The van der Waals surface area contributed by atoms with Gasteiger partial charge >= 0.3 is 12.0 Å². The van der Waals surface area contributed by atoms with E-state index < -0.39 is 11.4 Å². The first-order chi connectivity index (χ1) is 9.17. The number of rotatable bonds is 9. The third-order valence-corrected chi connectivity index (χ3v) is 3.65.